The van der Waals surface area contributed by atoms with Crippen LogP contribution in [0.2, 0.25) is 0 Å². The number of rotatable bonds is 8. The molecule has 2 heterocycles. The molecule has 0 saturated carbocycles. The molecular formula is C28H35F3N2O3. The van der Waals surface area contributed by atoms with Crippen LogP contribution >= 0.6 is 0 Å². The average molecular weight is 505 g/mol. The molecular weight excluding hydrogens is 469 g/mol. The molecule has 2 aliphatic rings. The molecule has 196 valence electrons. The highest BCUT2D eigenvalue weighted by Crippen LogP contribution is 2.40. The van der Waals surface area contributed by atoms with E-state index in [4.69, 9.17) is 9.47 Å². The number of esters is 1. The Morgan fingerprint density at radius 2 is 1.69 bits per heavy atom. The van der Waals surface area contributed by atoms with E-state index >= 15 is 0 Å². The van der Waals surface area contributed by atoms with Crippen LogP contribution in [0.1, 0.15) is 51.0 Å². The zero-order valence-corrected chi connectivity index (χ0v) is 20.8. The number of ether oxygens (including phenoxy) is 2. The van der Waals surface area contributed by atoms with E-state index in [-0.39, 0.29) is 6.42 Å². The lowest BCUT2D eigenvalue weighted by atomic mass is 9.74. The van der Waals surface area contributed by atoms with Gasteiger partial charge in [-0.05, 0) is 74.0 Å². The number of benzene rings is 2. The summed E-state index contributed by atoms with van der Waals surface area (Å²) in [5, 5.41) is 0. The maximum absolute atomic E-state index is 13.1. The number of halogens is 3. The van der Waals surface area contributed by atoms with Crippen molar-refractivity contribution in [3.8, 4) is 5.75 Å². The van der Waals surface area contributed by atoms with Gasteiger partial charge in [0.05, 0.1) is 6.61 Å². The summed E-state index contributed by atoms with van der Waals surface area (Å²) in [6.45, 7) is 6.42. The number of anilines is 1. The van der Waals surface area contributed by atoms with Crippen molar-refractivity contribution in [1.82, 2.24) is 4.90 Å². The van der Waals surface area contributed by atoms with Crippen LogP contribution < -0.4 is 9.64 Å². The number of piperidine rings is 2. The molecule has 2 saturated heterocycles. The first kappa shape index (κ1) is 26.3. The minimum Gasteiger partial charge on any atom is -0.494 e. The van der Waals surface area contributed by atoms with Crippen LogP contribution in [-0.4, -0.2) is 56.1 Å². The van der Waals surface area contributed by atoms with Gasteiger partial charge in [0, 0.05) is 25.2 Å². The third-order valence-corrected chi connectivity index (χ3v) is 7.33. The van der Waals surface area contributed by atoms with E-state index < -0.39 is 23.8 Å². The maximum Gasteiger partial charge on any atom is 0.491 e. The van der Waals surface area contributed by atoms with Gasteiger partial charge in [-0.2, -0.15) is 13.2 Å². The Labute approximate surface area is 211 Å². The molecule has 2 unspecified atom stereocenters. The van der Waals surface area contributed by atoms with Crippen molar-refractivity contribution in [3.05, 3.63) is 60.2 Å². The minimum atomic E-state index is -5.04. The largest absolute Gasteiger partial charge is 0.494 e. The van der Waals surface area contributed by atoms with E-state index in [1.54, 1.807) is 4.90 Å². The van der Waals surface area contributed by atoms with Gasteiger partial charge in [0.2, 0.25) is 0 Å². The zero-order chi connectivity index (χ0) is 25.6. The van der Waals surface area contributed by atoms with Crippen LogP contribution in [0.3, 0.4) is 0 Å². The molecule has 2 atom stereocenters. The third kappa shape index (κ3) is 6.72. The van der Waals surface area contributed by atoms with E-state index in [2.05, 4.69) is 4.90 Å². The van der Waals surface area contributed by atoms with E-state index in [9.17, 15) is 18.0 Å². The molecule has 0 spiro atoms. The number of nitrogens with zero attached hydrogens (tertiary/aromatic N) is 2. The van der Waals surface area contributed by atoms with Crippen molar-refractivity contribution in [2.45, 2.75) is 63.3 Å². The molecule has 0 amide bonds. The van der Waals surface area contributed by atoms with Gasteiger partial charge in [-0.25, -0.2) is 4.79 Å². The number of hydrogen-bond donors (Lipinski definition) is 0. The Morgan fingerprint density at radius 1 is 1.00 bits per heavy atom. The second-order valence-corrected chi connectivity index (χ2v) is 10.0. The number of alkyl halides is 3. The van der Waals surface area contributed by atoms with Gasteiger partial charge in [-0.3, -0.25) is 0 Å². The molecule has 0 radical (unpaired) electrons. The SMILES string of the molecule is CC1(c2ccccc2)CCN(c2ccc(OCCCN3CCCCC3)cc2)C(OC(=O)C(F)(F)F)C1. The molecule has 0 bridgehead atoms. The minimum absolute atomic E-state index is 0.258. The summed E-state index contributed by atoms with van der Waals surface area (Å²) >= 11 is 0. The summed E-state index contributed by atoms with van der Waals surface area (Å²) in [5.41, 5.74) is 1.31. The van der Waals surface area contributed by atoms with Gasteiger partial charge in [-0.1, -0.05) is 43.7 Å². The predicted molar refractivity (Wildman–Crippen MR) is 133 cm³/mol. The van der Waals surface area contributed by atoms with Gasteiger partial charge >= 0.3 is 12.1 Å². The summed E-state index contributed by atoms with van der Waals surface area (Å²) in [6, 6.07) is 16.9. The summed E-state index contributed by atoms with van der Waals surface area (Å²) in [6.07, 6.45) is -0.308. The monoisotopic (exact) mass is 504 g/mol. The van der Waals surface area contributed by atoms with Gasteiger partial charge in [-0.15, -0.1) is 0 Å². The van der Waals surface area contributed by atoms with Gasteiger partial charge in [0.15, 0.2) is 6.23 Å². The molecule has 2 aliphatic heterocycles. The molecule has 36 heavy (non-hydrogen) atoms. The van der Waals surface area contributed by atoms with Crippen LogP contribution in [0, 0.1) is 0 Å². The lowest BCUT2D eigenvalue weighted by molar-refractivity contribution is -0.206. The van der Waals surface area contributed by atoms with Gasteiger partial charge < -0.3 is 19.3 Å². The van der Waals surface area contributed by atoms with Crippen molar-refractivity contribution < 1.29 is 27.4 Å². The molecule has 2 aromatic rings. The van der Waals surface area contributed by atoms with E-state index in [1.807, 2.05) is 61.5 Å². The smallest absolute Gasteiger partial charge is 0.491 e. The van der Waals surface area contributed by atoms with Crippen LogP contribution in [-0.2, 0) is 14.9 Å². The highest BCUT2D eigenvalue weighted by atomic mass is 19.4. The van der Waals surface area contributed by atoms with Gasteiger partial charge in [0.25, 0.3) is 0 Å². The third-order valence-electron chi connectivity index (χ3n) is 7.33. The highest BCUT2D eigenvalue weighted by molar-refractivity contribution is 5.76. The lowest BCUT2D eigenvalue weighted by Crippen LogP contribution is -2.51. The van der Waals surface area contributed by atoms with Crippen molar-refractivity contribution in [2.24, 2.45) is 0 Å². The quantitative estimate of drug-likeness (QED) is 0.329. The van der Waals surface area contributed by atoms with Crippen molar-refractivity contribution in [1.29, 1.82) is 0 Å². The van der Waals surface area contributed by atoms with Crippen molar-refractivity contribution in [3.63, 3.8) is 0 Å². The zero-order valence-electron chi connectivity index (χ0n) is 20.8. The standard InChI is InChI=1S/C28H35F3N2O3/c1-27(22-9-4-2-5-10-22)15-19-33(25(21-27)36-26(34)28(29,30)31)23-11-13-24(14-12-23)35-20-8-18-32-16-6-3-7-17-32/h2,4-5,9-14,25H,3,6-8,15-21H2,1H3. The Morgan fingerprint density at radius 3 is 2.36 bits per heavy atom. The van der Waals surface area contributed by atoms with E-state index in [0.29, 0.717) is 31.0 Å². The van der Waals surface area contributed by atoms with Crippen molar-refractivity contribution >= 4 is 11.7 Å². The number of carbonyl (C=O) groups excluding carboxylic acids is 1. The summed E-state index contributed by atoms with van der Waals surface area (Å²) in [7, 11) is 0. The maximum atomic E-state index is 13.1. The molecule has 2 fully saturated rings. The molecule has 0 N–H and O–H groups in total. The summed E-state index contributed by atoms with van der Waals surface area (Å²) < 4.78 is 50.1. The fraction of sp³-hybridized carbons (Fsp3) is 0.536. The second-order valence-electron chi connectivity index (χ2n) is 10.0. The Bertz CT molecular complexity index is 978. The molecule has 4 rings (SSSR count). The fourth-order valence-electron chi connectivity index (χ4n) is 5.20. The average Bonchev–Trinajstić information content (AvgIpc) is 2.88. The van der Waals surface area contributed by atoms with Crippen LogP contribution in [0.25, 0.3) is 0 Å². The van der Waals surface area contributed by atoms with Gasteiger partial charge in [0.1, 0.15) is 5.75 Å². The topological polar surface area (TPSA) is 42.0 Å². The normalized spacial score (nSPS) is 23.3. The Balaban J connectivity index is 1.40. The Kier molecular flexibility index (Phi) is 8.44. The highest BCUT2D eigenvalue weighted by Gasteiger charge is 2.46. The molecule has 5 nitrogen and oxygen atoms in total. The van der Waals surface area contributed by atoms with Crippen LogP contribution in [0.5, 0.6) is 5.75 Å². The molecule has 2 aromatic carbocycles. The lowest BCUT2D eigenvalue weighted by Gasteiger charge is -2.45. The van der Waals surface area contributed by atoms with E-state index in [0.717, 1.165) is 31.6 Å². The Hall–Kier alpha value is -2.74. The second kappa shape index (κ2) is 11.5. The summed E-state index contributed by atoms with van der Waals surface area (Å²) in [4.78, 5) is 16.0. The molecule has 8 heteroatoms. The first-order valence-corrected chi connectivity index (χ1v) is 12.8. The predicted octanol–water partition coefficient (Wildman–Crippen LogP) is 5.93. The summed E-state index contributed by atoms with van der Waals surface area (Å²) in [5.74, 6) is -1.45. The number of carbonyl (C=O) groups is 1. The number of likely N-dealkylation sites (tertiary alicyclic amines) is 1. The number of hydrogen-bond acceptors (Lipinski definition) is 5. The van der Waals surface area contributed by atoms with Crippen LogP contribution in [0.15, 0.2) is 54.6 Å². The fourth-order valence-corrected chi connectivity index (χ4v) is 5.20. The molecule has 0 aliphatic carbocycles. The van der Waals surface area contributed by atoms with Crippen LogP contribution in [0.4, 0.5) is 18.9 Å². The van der Waals surface area contributed by atoms with E-state index in [1.165, 1.54) is 19.3 Å². The first-order chi connectivity index (χ1) is 17.2. The molecule has 0 aromatic heterocycles. The van der Waals surface area contributed by atoms with Crippen molar-refractivity contribution in [2.75, 3.05) is 37.7 Å². The first-order valence-electron chi connectivity index (χ1n) is 12.8.